The third-order valence-electron chi connectivity index (χ3n) is 5.47. The van der Waals surface area contributed by atoms with E-state index in [4.69, 9.17) is 4.42 Å². The molecule has 4 nitrogen and oxygen atoms in total. The summed E-state index contributed by atoms with van der Waals surface area (Å²) >= 11 is 0. The summed E-state index contributed by atoms with van der Waals surface area (Å²) in [5, 5.41) is 3.11. The van der Waals surface area contributed by atoms with E-state index < -0.39 is 10.8 Å². The number of hydrogen-bond donors (Lipinski definition) is 1. The number of hydrogen-bond acceptors (Lipinski definition) is 3. The highest BCUT2D eigenvalue weighted by Crippen LogP contribution is 2.29. The second kappa shape index (κ2) is 8.21. The van der Waals surface area contributed by atoms with E-state index >= 15 is 0 Å². The van der Waals surface area contributed by atoms with Crippen LogP contribution in [-0.4, -0.2) is 16.2 Å². The van der Waals surface area contributed by atoms with Crippen LogP contribution in [0.25, 0.3) is 0 Å². The van der Waals surface area contributed by atoms with Crippen molar-refractivity contribution in [1.82, 2.24) is 5.32 Å². The molecule has 1 aliphatic rings. The molecule has 0 spiro atoms. The molecule has 4 atom stereocenters. The van der Waals surface area contributed by atoms with Crippen molar-refractivity contribution < 1.29 is 13.4 Å². The molecule has 2 aromatic rings. The molecule has 0 saturated heterocycles. The molecule has 1 aromatic carbocycles. The minimum absolute atomic E-state index is 0.177. The highest BCUT2D eigenvalue weighted by Gasteiger charge is 2.29. The summed E-state index contributed by atoms with van der Waals surface area (Å²) in [5.74, 6) is 2.05. The molecule has 3 rings (SSSR count). The summed E-state index contributed by atoms with van der Waals surface area (Å²) in [6.07, 6.45) is 3.39. The van der Waals surface area contributed by atoms with E-state index in [1.54, 1.807) is 12.1 Å². The molecule has 0 unspecified atom stereocenters. The van der Waals surface area contributed by atoms with Gasteiger partial charge in [-0.15, -0.1) is 0 Å². The van der Waals surface area contributed by atoms with Crippen molar-refractivity contribution in [3.8, 4) is 0 Å². The first-order valence-corrected chi connectivity index (χ1v) is 10.6. The summed E-state index contributed by atoms with van der Waals surface area (Å²) in [5.41, 5.74) is 1.13. The molecule has 140 valence electrons. The van der Waals surface area contributed by atoms with Gasteiger partial charge in [0.1, 0.15) is 5.76 Å². The molecule has 26 heavy (non-hydrogen) atoms. The van der Waals surface area contributed by atoms with Crippen molar-refractivity contribution in [3.05, 3.63) is 53.5 Å². The number of furan rings is 1. The summed E-state index contributed by atoms with van der Waals surface area (Å²) in [7, 11) is -1.18. The van der Waals surface area contributed by atoms with Gasteiger partial charge in [-0.2, -0.15) is 0 Å². The lowest BCUT2D eigenvalue weighted by molar-refractivity contribution is 0.0861. The molecule has 1 fully saturated rings. The van der Waals surface area contributed by atoms with Crippen molar-refractivity contribution in [3.63, 3.8) is 0 Å². The predicted molar refractivity (Wildman–Crippen MR) is 103 cm³/mol. The van der Waals surface area contributed by atoms with E-state index in [-0.39, 0.29) is 17.7 Å². The Morgan fingerprint density at radius 2 is 1.88 bits per heavy atom. The fourth-order valence-corrected chi connectivity index (χ4v) is 4.53. The Balaban J connectivity index is 1.61. The smallest absolute Gasteiger partial charge is 0.287 e. The van der Waals surface area contributed by atoms with Gasteiger partial charge in [0, 0.05) is 10.9 Å². The van der Waals surface area contributed by atoms with Gasteiger partial charge in [0.25, 0.3) is 5.91 Å². The fraction of sp³-hybridized carbons (Fsp3) is 0.476. The van der Waals surface area contributed by atoms with Crippen molar-refractivity contribution >= 4 is 16.7 Å². The summed E-state index contributed by atoms with van der Waals surface area (Å²) in [6.45, 7) is 6.44. The highest BCUT2D eigenvalue weighted by atomic mass is 32.2. The average molecular weight is 374 g/mol. The maximum absolute atomic E-state index is 12.5. The van der Waals surface area contributed by atoms with E-state index in [0.29, 0.717) is 23.4 Å². The monoisotopic (exact) mass is 373 g/mol. The lowest BCUT2D eigenvalue weighted by Gasteiger charge is -2.34. The van der Waals surface area contributed by atoms with Gasteiger partial charge in [-0.25, -0.2) is 0 Å². The number of carbonyl (C=O) groups is 1. The zero-order valence-electron chi connectivity index (χ0n) is 15.7. The van der Waals surface area contributed by atoms with Crippen LogP contribution in [-0.2, 0) is 16.6 Å². The van der Waals surface area contributed by atoms with Gasteiger partial charge in [-0.05, 0) is 49.4 Å². The van der Waals surface area contributed by atoms with Gasteiger partial charge >= 0.3 is 0 Å². The summed E-state index contributed by atoms with van der Waals surface area (Å²) in [4.78, 5) is 13.3. The second-order valence-corrected chi connectivity index (χ2v) is 8.87. The molecular weight excluding hydrogens is 346 g/mol. The quantitative estimate of drug-likeness (QED) is 0.842. The zero-order chi connectivity index (χ0) is 18.7. The number of rotatable bonds is 5. The topological polar surface area (TPSA) is 59.3 Å². The van der Waals surface area contributed by atoms with E-state index in [0.717, 1.165) is 23.3 Å². The maximum Gasteiger partial charge on any atom is 0.287 e. The fourth-order valence-electron chi connectivity index (χ4n) is 3.51. The Kier molecular flexibility index (Phi) is 5.97. The Bertz CT molecular complexity index is 781. The predicted octanol–water partition coefficient (Wildman–Crippen LogP) is 4.45. The molecule has 5 heteroatoms. The van der Waals surface area contributed by atoms with Crippen LogP contribution in [0.5, 0.6) is 0 Å². The third kappa shape index (κ3) is 4.44. The Labute approximate surface area is 157 Å². The minimum Gasteiger partial charge on any atom is -0.455 e. The van der Waals surface area contributed by atoms with Crippen LogP contribution in [0.4, 0.5) is 0 Å². The van der Waals surface area contributed by atoms with Gasteiger partial charge in [0.05, 0.1) is 16.6 Å². The van der Waals surface area contributed by atoms with E-state index in [1.165, 1.54) is 6.42 Å². The van der Waals surface area contributed by atoms with Gasteiger partial charge in [-0.1, -0.05) is 44.4 Å². The van der Waals surface area contributed by atoms with Crippen LogP contribution >= 0.6 is 0 Å². The van der Waals surface area contributed by atoms with Crippen LogP contribution in [0.3, 0.4) is 0 Å². The third-order valence-corrected chi connectivity index (χ3v) is 6.81. The zero-order valence-corrected chi connectivity index (χ0v) is 16.5. The number of aryl methyl sites for hydroxylation is 1. The molecule has 1 N–H and O–H groups in total. The largest absolute Gasteiger partial charge is 0.455 e. The van der Waals surface area contributed by atoms with Gasteiger partial charge in [0.2, 0.25) is 0 Å². The van der Waals surface area contributed by atoms with Crippen LogP contribution in [0.1, 0.15) is 55.0 Å². The lowest BCUT2D eigenvalue weighted by Crippen LogP contribution is -2.43. The van der Waals surface area contributed by atoms with Crippen LogP contribution in [0.15, 0.2) is 45.7 Å². The maximum atomic E-state index is 12.5. The molecule has 1 heterocycles. The molecule has 1 amide bonds. The molecular formula is C21H27NO3S. The Morgan fingerprint density at radius 1 is 1.15 bits per heavy atom. The van der Waals surface area contributed by atoms with Crippen molar-refractivity contribution in [2.75, 3.05) is 0 Å². The minimum atomic E-state index is -1.18. The summed E-state index contributed by atoms with van der Waals surface area (Å²) in [6, 6.07) is 11.2. The van der Waals surface area contributed by atoms with Gasteiger partial charge < -0.3 is 9.73 Å². The van der Waals surface area contributed by atoms with Crippen molar-refractivity contribution in [1.29, 1.82) is 0 Å². The Morgan fingerprint density at radius 3 is 2.62 bits per heavy atom. The van der Waals surface area contributed by atoms with E-state index in [9.17, 15) is 9.00 Å². The first kappa shape index (κ1) is 18.9. The number of carbonyl (C=O) groups excluding carboxylic acids is 1. The Hall–Kier alpha value is -1.88. The van der Waals surface area contributed by atoms with Crippen molar-refractivity contribution in [2.45, 2.75) is 56.7 Å². The molecule has 0 aliphatic heterocycles. The number of benzene rings is 1. The van der Waals surface area contributed by atoms with E-state index in [2.05, 4.69) is 19.2 Å². The molecule has 0 radical (unpaired) electrons. The summed E-state index contributed by atoms with van der Waals surface area (Å²) < 4.78 is 18.1. The molecule has 1 aromatic heterocycles. The van der Waals surface area contributed by atoms with Crippen molar-refractivity contribution in [2.24, 2.45) is 11.8 Å². The number of amides is 1. The highest BCUT2D eigenvalue weighted by molar-refractivity contribution is 7.84. The van der Waals surface area contributed by atoms with Crippen LogP contribution < -0.4 is 5.32 Å². The standard InChI is InChI=1S/C21H27NO3S/c1-14-7-10-18(11-8-14)26(24)13-17-9-12-20(25-17)21(23)22-19-6-4-5-15(2)16(19)3/h7-12,15-16,19H,4-6,13H2,1-3H3,(H,22,23)/t15-,16-,19-,26-/m1/s1. The lowest BCUT2D eigenvalue weighted by atomic mass is 9.78. The SMILES string of the molecule is Cc1ccc([S@](=O)Cc2ccc(C(=O)N[C@@H]3CCC[C@@H](C)[C@H]3C)o2)cc1. The van der Waals surface area contributed by atoms with E-state index in [1.807, 2.05) is 31.2 Å². The number of nitrogens with one attached hydrogen (secondary N) is 1. The molecule has 1 saturated carbocycles. The molecule has 1 aliphatic carbocycles. The molecule has 0 bridgehead atoms. The normalized spacial score (nSPS) is 24.2. The second-order valence-electron chi connectivity index (χ2n) is 7.42. The van der Waals surface area contributed by atoms with Crippen LogP contribution in [0, 0.1) is 18.8 Å². The first-order chi connectivity index (χ1) is 12.4. The van der Waals surface area contributed by atoms with Gasteiger partial charge in [-0.3, -0.25) is 9.00 Å². The average Bonchev–Trinajstić information content (AvgIpc) is 3.08. The first-order valence-electron chi connectivity index (χ1n) is 9.28. The van der Waals surface area contributed by atoms with Gasteiger partial charge in [0.15, 0.2) is 5.76 Å². The van der Waals surface area contributed by atoms with Crippen LogP contribution in [0.2, 0.25) is 0 Å².